The fourth-order valence-corrected chi connectivity index (χ4v) is 3.82. The van der Waals surface area contributed by atoms with Crippen molar-refractivity contribution >= 4 is 21.6 Å². The summed E-state index contributed by atoms with van der Waals surface area (Å²) in [5.41, 5.74) is 1.63. The smallest absolute Gasteiger partial charge is 0.240 e. The van der Waals surface area contributed by atoms with Crippen LogP contribution < -0.4 is 9.62 Å². The van der Waals surface area contributed by atoms with E-state index in [1.54, 1.807) is 12.1 Å². The molecule has 0 atom stereocenters. The fourth-order valence-electron chi connectivity index (χ4n) is 2.97. The van der Waals surface area contributed by atoms with E-state index in [1.807, 2.05) is 12.1 Å². The highest BCUT2D eigenvalue weighted by atomic mass is 32.2. The Morgan fingerprint density at radius 2 is 1.85 bits per heavy atom. The topological polar surface area (TPSA) is 79.0 Å². The van der Waals surface area contributed by atoms with E-state index in [0.717, 1.165) is 55.4 Å². The van der Waals surface area contributed by atoms with E-state index in [1.165, 1.54) is 0 Å². The maximum atomic E-state index is 12.2. The number of carbonyl (C=O) groups excluding carboxylic acids is 1. The summed E-state index contributed by atoms with van der Waals surface area (Å²) in [6.07, 6.45) is 1.95. The van der Waals surface area contributed by atoms with E-state index in [-0.39, 0.29) is 12.5 Å². The van der Waals surface area contributed by atoms with Crippen molar-refractivity contribution < 1.29 is 17.9 Å². The van der Waals surface area contributed by atoms with Gasteiger partial charge in [0.25, 0.3) is 0 Å². The Morgan fingerprint density at radius 3 is 2.41 bits per heavy atom. The molecule has 1 heterocycles. The monoisotopic (exact) mass is 397 g/mol. The van der Waals surface area contributed by atoms with Gasteiger partial charge in [0.15, 0.2) is 0 Å². The molecule has 0 unspecified atom stereocenters. The lowest BCUT2D eigenvalue weighted by molar-refractivity contribution is -0.119. The van der Waals surface area contributed by atoms with Crippen LogP contribution in [0.5, 0.6) is 0 Å². The minimum Gasteiger partial charge on any atom is -0.379 e. The molecule has 7 nitrogen and oxygen atoms in total. The third-order valence-corrected chi connectivity index (χ3v) is 5.75. The summed E-state index contributed by atoms with van der Waals surface area (Å²) >= 11 is 0. The average molecular weight is 398 g/mol. The Hall–Kier alpha value is -1.64. The number of amides is 1. The molecule has 0 aliphatic carbocycles. The first-order valence-electron chi connectivity index (χ1n) is 9.42. The number of nitrogens with zero attached hydrogens (tertiary/aromatic N) is 2. The predicted octanol–water partition coefficient (Wildman–Crippen LogP) is 1.41. The standard InChI is InChI=1S/C19H31N3O4S/c1-16(2)17-5-7-18(8-6-17)22(27(3,24)25)15-19(23)20-9-4-10-21-11-13-26-14-12-21/h5-8,16H,4,9-15H2,1-3H3,(H,20,23). The zero-order chi connectivity index (χ0) is 19.9. The van der Waals surface area contributed by atoms with Gasteiger partial charge in [0.1, 0.15) is 6.54 Å². The first-order chi connectivity index (χ1) is 12.8. The average Bonchev–Trinajstić information content (AvgIpc) is 2.63. The van der Waals surface area contributed by atoms with Gasteiger partial charge < -0.3 is 10.1 Å². The van der Waals surface area contributed by atoms with Crippen LogP contribution in [0.1, 0.15) is 31.7 Å². The first-order valence-corrected chi connectivity index (χ1v) is 11.3. The summed E-state index contributed by atoms with van der Waals surface area (Å²) in [4.78, 5) is 14.5. The van der Waals surface area contributed by atoms with Crippen molar-refractivity contribution in [1.29, 1.82) is 0 Å². The lowest BCUT2D eigenvalue weighted by Gasteiger charge is -2.26. The third kappa shape index (κ3) is 7.12. The van der Waals surface area contributed by atoms with E-state index < -0.39 is 10.0 Å². The normalized spacial score (nSPS) is 15.7. The Kier molecular flexibility index (Phi) is 8.07. The zero-order valence-electron chi connectivity index (χ0n) is 16.5. The van der Waals surface area contributed by atoms with Gasteiger partial charge in [0, 0.05) is 19.6 Å². The molecular formula is C19H31N3O4S. The van der Waals surface area contributed by atoms with Crippen LogP contribution in [-0.4, -0.2) is 71.4 Å². The molecular weight excluding hydrogens is 366 g/mol. The number of sulfonamides is 1. The van der Waals surface area contributed by atoms with Gasteiger partial charge in [-0.05, 0) is 36.6 Å². The molecule has 1 saturated heterocycles. The quantitative estimate of drug-likeness (QED) is 0.638. The van der Waals surface area contributed by atoms with Crippen molar-refractivity contribution in [3.8, 4) is 0 Å². The number of rotatable bonds is 9. The molecule has 152 valence electrons. The summed E-state index contributed by atoms with van der Waals surface area (Å²) in [7, 11) is -3.54. The number of ether oxygens (including phenoxy) is 1. The SMILES string of the molecule is CC(C)c1ccc(N(CC(=O)NCCCN2CCOCC2)S(C)(=O)=O)cc1. The fraction of sp³-hybridized carbons (Fsp3) is 0.632. The van der Waals surface area contributed by atoms with Crippen LogP contribution in [0.15, 0.2) is 24.3 Å². The van der Waals surface area contributed by atoms with Crippen LogP contribution in [-0.2, 0) is 19.6 Å². The summed E-state index contributed by atoms with van der Waals surface area (Å²) in [5, 5.41) is 2.82. The highest BCUT2D eigenvalue weighted by Crippen LogP contribution is 2.21. The second kappa shape index (κ2) is 10.1. The largest absolute Gasteiger partial charge is 0.379 e. The maximum Gasteiger partial charge on any atom is 0.240 e. The predicted molar refractivity (Wildman–Crippen MR) is 108 cm³/mol. The Morgan fingerprint density at radius 1 is 1.22 bits per heavy atom. The maximum absolute atomic E-state index is 12.2. The van der Waals surface area contributed by atoms with E-state index in [4.69, 9.17) is 4.74 Å². The summed E-state index contributed by atoms with van der Waals surface area (Å²) in [6.45, 7) is 8.72. The Balaban J connectivity index is 1.86. The second-order valence-corrected chi connectivity index (χ2v) is 9.08. The zero-order valence-corrected chi connectivity index (χ0v) is 17.3. The van der Waals surface area contributed by atoms with Crippen molar-refractivity contribution in [1.82, 2.24) is 10.2 Å². The van der Waals surface area contributed by atoms with Gasteiger partial charge in [-0.15, -0.1) is 0 Å². The van der Waals surface area contributed by atoms with Gasteiger partial charge in [-0.3, -0.25) is 14.0 Å². The molecule has 0 spiro atoms. The molecule has 1 aliphatic heterocycles. The molecule has 0 saturated carbocycles. The first kappa shape index (κ1) is 21.7. The Bertz CT molecular complexity index is 698. The van der Waals surface area contributed by atoms with Gasteiger partial charge in [-0.1, -0.05) is 26.0 Å². The minimum absolute atomic E-state index is 0.211. The molecule has 27 heavy (non-hydrogen) atoms. The van der Waals surface area contributed by atoms with Gasteiger partial charge in [-0.2, -0.15) is 0 Å². The highest BCUT2D eigenvalue weighted by Gasteiger charge is 2.21. The minimum atomic E-state index is -3.54. The molecule has 0 aromatic heterocycles. The summed E-state index contributed by atoms with van der Waals surface area (Å²) < 4.78 is 30.8. The van der Waals surface area contributed by atoms with Crippen LogP contribution >= 0.6 is 0 Å². The van der Waals surface area contributed by atoms with Crippen LogP contribution in [0.3, 0.4) is 0 Å². The van der Waals surface area contributed by atoms with Crippen LogP contribution in [0, 0.1) is 0 Å². The number of nitrogens with one attached hydrogen (secondary N) is 1. The number of hydrogen-bond acceptors (Lipinski definition) is 5. The van der Waals surface area contributed by atoms with Crippen LogP contribution in [0.25, 0.3) is 0 Å². The van der Waals surface area contributed by atoms with Crippen molar-refractivity contribution in [3.63, 3.8) is 0 Å². The van der Waals surface area contributed by atoms with E-state index in [9.17, 15) is 13.2 Å². The Labute approximate surface area is 162 Å². The summed E-state index contributed by atoms with van der Waals surface area (Å²) in [6, 6.07) is 7.31. The number of carbonyl (C=O) groups is 1. The van der Waals surface area contributed by atoms with Gasteiger partial charge in [0.2, 0.25) is 15.9 Å². The highest BCUT2D eigenvalue weighted by molar-refractivity contribution is 7.92. The molecule has 1 fully saturated rings. The van der Waals surface area contributed by atoms with Crippen LogP contribution in [0.4, 0.5) is 5.69 Å². The molecule has 1 aromatic carbocycles. The van der Waals surface area contributed by atoms with E-state index in [0.29, 0.717) is 18.2 Å². The van der Waals surface area contributed by atoms with Gasteiger partial charge in [-0.25, -0.2) is 8.42 Å². The van der Waals surface area contributed by atoms with Crippen LogP contribution in [0.2, 0.25) is 0 Å². The van der Waals surface area contributed by atoms with Crippen molar-refractivity contribution in [3.05, 3.63) is 29.8 Å². The van der Waals surface area contributed by atoms with Gasteiger partial charge in [0.05, 0.1) is 25.2 Å². The molecule has 2 rings (SSSR count). The van der Waals surface area contributed by atoms with Crippen molar-refractivity contribution in [2.45, 2.75) is 26.2 Å². The lowest BCUT2D eigenvalue weighted by Crippen LogP contribution is -2.41. The number of morpholine rings is 1. The molecule has 8 heteroatoms. The second-order valence-electron chi connectivity index (χ2n) is 7.17. The number of hydrogen-bond donors (Lipinski definition) is 1. The van der Waals surface area contributed by atoms with Gasteiger partial charge >= 0.3 is 0 Å². The van der Waals surface area contributed by atoms with E-state index >= 15 is 0 Å². The lowest BCUT2D eigenvalue weighted by atomic mass is 10.0. The number of benzene rings is 1. The summed E-state index contributed by atoms with van der Waals surface area (Å²) in [5.74, 6) is 0.0656. The van der Waals surface area contributed by atoms with Crippen molar-refractivity contribution in [2.75, 3.05) is 56.5 Å². The molecule has 1 aromatic rings. The van der Waals surface area contributed by atoms with E-state index in [2.05, 4.69) is 24.1 Å². The molecule has 1 amide bonds. The third-order valence-electron chi connectivity index (χ3n) is 4.61. The molecule has 1 aliphatic rings. The van der Waals surface area contributed by atoms with Crippen molar-refractivity contribution in [2.24, 2.45) is 0 Å². The molecule has 1 N–H and O–H groups in total. The molecule has 0 bridgehead atoms. The molecule has 0 radical (unpaired) electrons. The number of anilines is 1.